The SMILES string of the molecule is CCC.O=C(O)CCCCCCC(=O)O. The maximum atomic E-state index is 10.0. The number of hydrogen-bond acceptors (Lipinski definition) is 2. The Hall–Kier alpha value is -1.06. The number of unbranched alkanes of at least 4 members (excludes halogenated alkanes) is 3. The summed E-state index contributed by atoms with van der Waals surface area (Å²) in [6, 6.07) is 0. The molecule has 0 rings (SSSR count). The minimum Gasteiger partial charge on any atom is -0.481 e. The molecule has 0 aliphatic carbocycles. The molecule has 0 aromatic carbocycles. The van der Waals surface area contributed by atoms with E-state index in [1.165, 1.54) is 6.42 Å². The smallest absolute Gasteiger partial charge is 0.303 e. The van der Waals surface area contributed by atoms with Crippen LogP contribution in [-0.2, 0) is 9.59 Å². The van der Waals surface area contributed by atoms with E-state index in [-0.39, 0.29) is 12.8 Å². The van der Waals surface area contributed by atoms with E-state index in [1.807, 2.05) is 0 Å². The molecule has 4 heteroatoms. The maximum absolute atomic E-state index is 10.0. The van der Waals surface area contributed by atoms with Crippen molar-refractivity contribution in [3.05, 3.63) is 0 Å². The zero-order valence-electron chi connectivity index (χ0n) is 9.66. The van der Waals surface area contributed by atoms with Gasteiger partial charge in [-0.2, -0.15) is 0 Å². The van der Waals surface area contributed by atoms with Crippen molar-refractivity contribution in [3.8, 4) is 0 Å². The largest absolute Gasteiger partial charge is 0.481 e. The van der Waals surface area contributed by atoms with Gasteiger partial charge in [-0.05, 0) is 12.8 Å². The summed E-state index contributed by atoms with van der Waals surface area (Å²) in [6.07, 6.45) is 4.53. The van der Waals surface area contributed by atoms with Crippen LogP contribution in [0.1, 0.15) is 58.8 Å². The van der Waals surface area contributed by atoms with E-state index >= 15 is 0 Å². The van der Waals surface area contributed by atoms with Crippen molar-refractivity contribution in [1.29, 1.82) is 0 Å². The number of hydrogen-bond donors (Lipinski definition) is 2. The predicted octanol–water partition coefficient (Wildman–Crippen LogP) is 2.91. The van der Waals surface area contributed by atoms with Crippen LogP contribution < -0.4 is 0 Å². The highest BCUT2D eigenvalue weighted by molar-refractivity contribution is 5.66. The molecule has 0 atom stereocenters. The second-order valence-electron chi connectivity index (χ2n) is 3.41. The van der Waals surface area contributed by atoms with Crippen LogP contribution in [0, 0.1) is 0 Å². The number of carboxylic acids is 2. The van der Waals surface area contributed by atoms with Gasteiger partial charge in [-0.3, -0.25) is 9.59 Å². The minimum atomic E-state index is -0.784. The predicted molar refractivity (Wildman–Crippen MR) is 58.9 cm³/mol. The second-order valence-corrected chi connectivity index (χ2v) is 3.41. The van der Waals surface area contributed by atoms with Crippen LogP contribution in [0.3, 0.4) is 0 Å². The van der Waals surface area contributed by atoms with Gasteiger partial charge in [-0.25, -0.2) is 0 Å². The summed E-state index contributed by atoms with van der Waals surface area (Å²) >= 11 is 0. The molecule has 0 unspecified atom stereocenters. The molecule has 0 spiro atoms. The van der Waals surface area contributed by atoms with Gasteiger partial charge < -0.3 is 10.2 Å². The van der Waals surface area contributed by atoms with E-state index in [9.17, 15) is 9.59 Å². The number of carbonyl (C=O) groups is 2. The zero-order valence-corrected chi connectivity index (χ0v) is 9.66. The van der Waals surface area contributed by atoms with E-state index in [0.717, 1.165) is 12.8 Å². The number of carboxylic acid groups (broad SMARTS) is 2. The van der Waals surface area contributed by atoms with Gasteiger partial charge in [0.25, 0.3) is 0 Å². The Kier molecular flexibility index (Phi) is 14.1. The quantitative estimate of drug-likeness (QED) is 0.644. The maximum Gasteiger partial charge on any atom is 0.303 e. The monoisotopic (exact) mass is 218 g/mol. The first-order valence-electron chi connectivity index (χ1n) is 5.48. The average molecular weight is 218 g/mol. The fourth-order valence-electron chi connectivity index (χ4n) is 0.906. The first-order valence-corrected chi connectivity index (χ1v) is 5.48. The molecule has 0 aliphatic rings. The summed E-state index contributed by atoms with van der Waals surface area (Å²) < 4.78 is 0. The molecule has 0 aromatic heterocycles. The van der Waals surface area contributed by atoms with E-state index in [0.29, 0.717) is 12.8 Å². The van der Waals surface area contributed by atoms with Crippen LogP contribution >= 0.6 is 0 Å². The molecule has 90 valence electrons. The van der Waals surface area contributed by atoms with Gasteiger partial charge in [-0.1, -0.05) is 33.1 Å². The highest BCUT2D eigenvalue weighted by Gasteiger charge is 1.98. The van der Waals surface area contributed by atoms with Crippen LogP contribution in [-0.4, -0.2) is 22.2 Å². The Morgan fingerprint density at radius 1 is 0.800 bits per heavy atom. The molecule has 4 nitrogen and oxygen atoms in total. The van der Waals surface area contributed by atoms with Crippen LogP contribution in [0.15, 0.2) is 0 Å². The van der Waals surface area contributed by atoms with Crippen molar-refractivity contribution in [1.82, 2.24) is 0 Å². The fraction of sp³-hybridized carbons (Fsp3) is 0.818. The Bertz CT molecular complexity index is 148. The third-order valence-electron chi connectivity index (χ3n) is 1.53. The van der Waals surface area contributed by atoms with Gasteiger partial charge in [0, 0.05) is 12.8 Å². The molecule has 2 N–H and O–H groups in total. The Morgan fingerprint density at radius 2 is 1.07 bits per heavy atom. The molecular weight excluding hydrogens is 196 g/mol. The zero-order chi connectivity index (χ0) is 12.1. The van der Waals surface area contributed by atoms with Gasteiger partial charge in [0.05, 0.1) is 0 Å². The van der Waals surface area contributed by atoms with Gasteiger partial charge >= 0.3 is 11.9 Å². The van der Waals surface area contributed by atoms with Crippen LogP contribution in [0.25, 0.3) is 0 Å². The lowest BCUT2D eigenvalue weighted by Gasteiger charge is -1.96. The topological polar surface area (TPSA) is 74.6 Å². The molecule has 15 heavy (non-hydrogen) atoms. The Balaban J connectivity index is 0. The Morgan fingerprint density at radius 3 is 1.27 bits per heavy atom. The van der Waals surface area contributed by atoms with Gasteiger partial charge in [0.15, 0.2) is 0 Å². The van der Waals surface area contributed by atoms with Crippen molar-refractivity contribution in [2.45, 2.75) is 58.8 Å². The van der Waals surface area contributed by atoms with Gasteiger partial charge in [0.1, 0.15) is 0 Å². The highest BCUT2D eigenvalue weighted by atomic mass is 16.4. The van der Waals surface area contributed by atoms with E-state index < -0.39 is 11.9 Å². The van der Waals surface area contributed by atoms with Crippen molar-refractivity contribution in [3.63, 3.8) is 0 Å². The molecule has 0 amide bonds. The summed E-state index contributed by atoms with van der Waals surface area (Å²) in [7, 11) is 0. The molecule has 0 aliphatic heterocycles. The molecular formula is C11H22O4. The third kappa shape index (κ3) is 24.6. The molecule has 0 radical (unpaired) electrons. The number of aliphatic carboxylic acids is 2. The molecule has 0 bridgehead atoms. The summed E-state index contributed by atoms with van der Waals surface area (Å²) in [4.78, 5) is 20.1. The first kappa shape index (κ1) is 16.4. The minimum absolute atomic E-state index is 0.188. The van der Waals surface area contributed by atoms with Crippen LogP contribution in [0.2, 0.25) is 0 Å². The standard InChI is InChI=1S/C8H14O4.C3H8/c9-7(10)5-3-1-2-4-6-8(11)12;1-3-2/h1-6H2,(H,9,10)(H,11,12);3H2,1-2H3. The molecule has 0 aromatic rings. The molecule has 0 heterocycles. The van der Waals surface area contributed by atoms with E-state index in [1.54, 1.807) is 0 Å². The molecule has 0 fully saturated rings. The van der Waals surface area contributed by atoms with Crippen molar-refractivity contribution in [2.24, 2.45) is 0 Å². The van der Waals surface area contributed by atoms with Crippen molar-refractivity contribution >= 4 is 11.9 Å². The van der Waals surface area contributed by atoms with Crippen LogP contribution in [0.5, 0.6) is 0 Å². The summed E-state index contributed by atoms with van der Waals surface area (Å²) in [5.74, 6) is -1.57. The lowest BCUT2D eigenvalue weighted by molar-refractivity contribution is -0.138. The Labute approximate surface area is 91.3 Å². The van der Waals surface area contributed by atoms with Crippen LogP contribution in [0.4, 0.5) is 0 Å². The highest BCUT2D eigenvalue weighted by Crippen LogP contribution is 2.04. The lowest BCUT2D eigenvalue weighted by Crippen LogP contribution is -1.95. The van der Waals surface area contributed by atoms with Gasteiger partial charge in [-0.15, -0.1) is 0 Å². The van der Waals surface area contributed by atoms with E-state index in [2.05, 4.69) is 13.8 Å². The average Bonchev–Trinajstić information content (AvgIpc) is 2.11. The van der Waals surface area contributed by atoms with E-state index in [4.69, 9.17) is 10.2 Å². The summed E-state index contributed by atoms with van der Waals surface area (Å²) in [6.45, 7) is 4.25. The third-order valence-corrected chi connectivity index (χ3v) is 1.53. The fourth-order valence-corrected chi connectivity index (χ4v) is 0.906. The van der Waals surface area contributed by atoms with Crippen molar-refractivity contribution < 1.29 is 19.8 Å². The lowest BCUT2D eigenvalue weighted by atomic mass is 10.1. The number of rotatable bonds is 7. The van der Waals surface area contributed by atoms with Gasteiger partial charge in [0.2, 0.25) is 0 Å². The summed E-state index contributed by atoms with van der Waals surface area (Å²) in [5, 5.41) is 16.5. The first-order chi connectivity index (χ1) is 7.04. The normalized spacial score (nSPS) is 8.93. The molecule has 0 saturated carbocycles. The summed E-state index contributed by atoms with van der Waals surface area (Å²) in [5.41, 5.74) is 0. The van der Waals surface area contributed by atoms with Crippen molar-refractivity contribution in [2.75, 3.05) is 0 Å². The second kappa shape index (κ2) is 12.9. The molecule has 0 saturated heterocycles.